The number of carbonyl (C=O) groups excluding carboxylic acids is 6. The Bertz CT molecular complexity index is 6580. The van der Waals surface area contributed by atoms with Crippen molar-refractivity contribution in [2.45, 2.75) is 0 Å². The van der Waals surface area contributed by atoms with Crippen LogP contribution in [0.3, 0.4) is 0 Å². The fraction of sp³-hybridized carbons (Fsp3) is 0. The van der Waals surface area contributed by atoms with Gasteiger partial charge in [0.2, 0.25) is 0 Å². The number of amides is 6. The Kier molecular flexibility index (Phi) is 13.5. The lowest BCUT2D eigenvalue weighted by Gasteiger charge is -2.27. The molecule has 0 bridgehead atoms. The largest absolute Gasteiger partial charge is 0.456 e. The molecule has 21 rings (SSSR count). The molecule has 6 heterocycles. The molecule has 480 valence electrons. The van der Waals surface area contributed by atoms with E-state index in [0.29, 0.717) is 66.6 Å². The summed E-state index contributed by atoms with van der Waals surface area (Å²) in [6.07, 6.45) is 0. The average molecular weight is 1320 g/mol. The maximum Gasteiger partial charge on any atom is 0.265 e. The summed E-state index contributed by atoms with van der Waals surface area (Å²) in [5, 5.41) is 11.1. The van der Waals surface area contributed by atoms with E-state index in [-0.39, 0.29) is 35.4 Å². The van der Waals surface area contributed by atoms with Crippen LogP contribution in [0.15, 0.2) is 323 Å². The second-order valence-corrected chi connectivity index (χ2v) is 25.4. The van der Waals surface area contributed by atoms with Crippen molar-refractivity contribution in [3.05, 3.63) is 343 Å². The monoisotopic (exact) mass is 1320 g/mol. The predicted octanol–water partition coefficient (Wildman–Crippen LogP) is 21.6. The first-order valence-corrected chi connectivity index (χ1v) is 33.4. The molecule has 12 heteroatoms. The van der Waals surface area contributed by atoms with Gasteiger partial charge in [0.25, 0.3) is 35.4 Å². The fourth-order valence-electron chi connectivity index (χ4n) is 15.2. The zero-order chi connectivity index (χ0) is 68.4. The number of hydrogen-bond acceptors (Lipinski definition) is 9. The van der Waals surface area contributed by atoms with Crippen LogP contribution in [0.1, 0.15) is 62.1 Å². The number of rotatable bonds is 6. The van der Waals surface area contributed by atoms with Crippen molar-refractivity contribution in [3.63, 3.8) is 0 Å². The third-order valence-corrected chi connectivity index (χ3v) is 19.8. The first kappa shape index (κ1) is 59.2. The van der Waals surface area contributed by atoms with Crippen LogP contribution in [0, 0.1) is 0 Å². The number of imide groups is 3. The molecule has 0 fully saturated rings. The van der Waals surface area contributed by atoms with E-state index in [2.05, 4.69) is 42.5 Å². The van der Waals surface area contributed by atoms with Crippen LogP contribution in [-0.2, 0) is 0 Å². The quantitative estimate of drug-likeness (QED) is 0.148. The summed E-state index contributed by atoms with van der Waals surface area (Å²) in [6.45, 7) is 0. The molecule has 3 aromatic heterocycles. The summed E-state index contributed by atoms with van der Waals surface area (Å²) in [5.74, 6) is -1.84. The number of hydrogen-bond donors (Lipinski definition) is 0. The van der Waals surface area contributed by atoms with Gasteiger partial charge in [-0.1, -0.05) is 194 Å². The minimum absolute atomic E-state index is 0.303. The lowest BCUT2D eigenvalue weighted by Crippen LogP contribution is -2.40. The number of furan rings is 3. The van der Waals surface area contributed by atoms with Crippen LogP contribution in [0.25, 0.3) is 132 Å². The summed E-state index contributed by atoms with van der Waals surface area (Å²) in [6, 6.07) is 97.9. The maximum absolute atomic E-state index is 13.5. The van der Waals surface area contributed by atoms with Crippen molar-refractivity contribution >= 4 is 151 Å². The van der Waals surface area contributed by atoms with E-state index in [1.807, 2.05) is 212 Å². The highest BCUT2D eigenvalue weighted by Crippen LogP contribution is 2.45. The van der Waals surface area contributed by atoms with Crippen molar-refractivity contribution in [2.24, 2.45) is 0 Å². The molecular weight excluding hydrogens is 1270 g/mol. The molecule has 15 aromatic carbocycles. The second-order valence-electron chi connectivity index (χ2n) is 25.4. The van der Waals surface area contributed by atoms with E-state index in [0.717, 1.165) is 115 Å². The Labute approximate surface area is 580 Å². The van der Waals surface area contributed by atoms with Gasteiger partial charge in [0, 0.05) is 87.4 Å². The first-order chi connectivity index (χ1) is 50.1. The van der Waals surface area contributed by atoms with Crippen molar-refractivity contribution in [1.29, 1.82) is 0 Å². The highest BCUT2D eigenvalue weighted by atomic mass is 16.3. The predicted molar refractivity (Wildman–Crippen MR) is 403 cm³/mol. The lowest BCUT2D eigenvalue weighted by atomic mass is 9.88. The maximum atomic E-state index is 13.5. The minimum atomic E-state index is -0.312. The van der Waals surface area contributed by atoms with Crippen molar-refractivity contribution in [3.8, 4) is 33.4 Å². The van der Waals surface area contributed by atoms with Crippen molar-refractivity contribution < 1.29 is 42.0 Å². The number of para-hydroxylation sites is 7. The molecule has 102 heavy (non-hydrogen) atoms. The number of carbonyl (C=O) groups is 6. The fourth-order valence-corrected chi connectivity index (χ4v) is 15.2. The van der Waals surface area contributed by atoms with Gasteiger partial charge in [0.1, 0.15) is 33.5 Å². The summed E-state index contributed by atoms with van der Waals surface area (Å²) < 4.78 is 18.3. The van der Waals surface area contributed by atoms with Gasteiger partial charge in [-0.3, -0.25) is 28.8 Å². The normalized spacial score (nSPS) is 13.4. The van der Waals surface area contributed by atoms with E-state index in [9.17, 15) is 28.8 Å². The SMILES string of the molecule is O=C1c2cccc3c(-c4ccc5c(c4)oc4ccccc45)ccc(c23)C(=O)N1c1ccccc1.O=C1c2cccc3c(-c4ccc5oc6ccccc6c5c4)ccc(c23)C(=O)N1c1ccccc1.O=C1c2cccc3c(-c4cccc5c4oc4ccccc45)ccc(c23)C(=O)N1c1ccccc1. The Morgan fingerprint density at radius 1 is 0.186 bits per heavy atom. The van der Waals surface area contributed by atoms with E-state index < -0.39 is 0 Å². The van der Waals surface area contributed by atoms with Crippen LogP contribution in [0.2, 0.25) is 0 Å². The smallest absolute Gasteiger partial charge is 0.265 e. The molecule has 6 amide bonds. The molecule has 0 radical (unpaired) electrons. The number of nitrogens with zero attached hydrogens (tertiary/aromatic N) is 3. The average Bonchev–Trinajstić information content (AvgIpc) is 0.860. The molecule has 0 saturated heterocycles. The molecule has 0 N–H and O–H groups in total. The van der Waals surface area contributed by atoms with Crippen LogP contribution in [-0.4, -0.2) is 35.4 Å². The van der Waals surface area contributed by atoms with Gasteiger partial charge in [0.05, 0.1) is 17.1 Å². The van der Waals surface area contributed by atoms with E-state index in [1.54, 1.807) is 54.6 Å². The van der Waals surface area contributed by atoms with E-state index in [4.69, 9.17) is 13.3 Å². The second kappa shape index (κ2) is 23.3. The molecule has 3 aliphatic rings. The van der Waals surface area contributed by atoms with Crippen LogP contribution in [0.4, 0.5) is 17.1 Å². The third-order valence-electron chi connectivity index (χ3n) is 19.8. The van der Waals surface area contributed by atoms with Crippen LogP contribution in [0.5, 0.6) is 0 Å². The first-order valence-electron chi connectivity index (χ1n) is 33.4. The van der Waals surface area contributed by atoms with Gasteiger partial charge in [-0.2, -0.15) is 0 Å². The molecule has 12 nitrogen and oxygen atoms in total. The number of fused-ring (bicyclic) bond motifs is 9. The van der Waals surface area contributed by atoms with Crippen molar-refractivity contribution in [2.75, 3.05) is 14.7 Å². The number of benzene rings is 15. The van der Waals surface area contributed by atoms with Gasteiger partial charge in [-0.15, -0.1) is 0 Å². The molecule has 3 aliphatic heterocycles. The van der Waals surface area contributed by atoms with Crippen LogP contribution < -0.4 is 14.7 Å². The molecule has 0 saturated carbocycles. The molecule has 0 unspecified atom stereocenters. The highest BCUT2D eigenvalue weighted by Gasteiger charge is 2.38. The topological polar surface area (TPSA) is 152 Å². The lowest BCUT2D eigenvalue weighted by molar-refractivity contribution is 0.0877. The molecule has 18 aromatic rings. The Morgan fingerprint density at radius 2 is 0.490 bits per heavy atom. The highest BCUT2D eigenvalue weighted by molar-refractivity contribution is 6.39. The van der Waals surface area contributed by atoms with Gasteiger partial charge in [0.15, 0.2) is 0 Å². The molecular formula is C90H51N3O9. The third kappa shape index (κ3) is 9.17. The number of anilines is 3. The van der Waals surface area contributed by atoms with Gasteiger partial charge < -0.3 is 13.3 Å². The van der Waals surface area contributed by atoms with Gasteiger partial charge in [-0.25, -0.2) is 14.7 Å². The molecule has 0 aliphatic carbocycles. The summed E-state index contributed by atoms with van der Waals surface area (Å²) in [4.78, 5) is 84.5. The van der Waals surface area contributed by atoms with Gasteiger partial charge in [-0.05, 0) is 159 Å². The van der Waals surface area contributed by atoms with Crippen LogP contribution >= 0.6 is 0 Å². The Morgan fingerprint density at radius 3 is 0.961 bits per heavy atom. The van der Waals surface area contributed by atoms with Gasteiger partial charge >= 0.3 is 0 Å². The Balaban J connectivity index is 0.000000106. The zero-order valence-corrected chi connectivity index (χ0v) is 54.0. The summed E-state index contributed by atoms with van der Waals surface area (Å²) in [5.41, 5.74) is 15.6. The van der Waals surface area contributed by atoms with E-state index in [1.165, 1.54) is 14.7 Å². The minimum Gasteiger partial charge on any atom is -0.456 e. The Hall–Kier alpha value is -14.1. The van der Waals surface area contributed by atoms with E-state index >= 15 is 0 Å². The molecule has 0 spiro atoms. The standard InChI is InChI=1S/3C30H17NO3/c32-29-24-14-6-11-21-19(22-12-7-13-23-20-10-4-5-15-26(20)34-28(22)23)16-17-25(27(21)24)30(33)31(29)18-8-2-1-3-9-18;32-29-23-11-6-10-22-20(18-13-16-27-25(17-18)21-9-4-5-12-26(21)34-27)14-15-24(28(22)23)30(33)31(29)19-7-2-1-3-8-19;32-29-24-11-6-10-23-20(18-13-14-22-21-9-4-5-12-26(21)34-27(22)17-18)15-16-25(28(23)24)30(33)31(29)19-7-2-1-3-8-19/h3*1-17H. The summed E-state index contributed by atoms with van der Waals surface area (Å²) in [7, 11) is 0. The molecule has 0 atom stereocenters. The zero-order valence-electron chi connectivity index (χ0n) is 54.0. The van der Waals surface area contributed by atoms with Crippen molar-refractivity contribution in [1.82, 2.24) is 0 Å². The summed E-state index contributed by atoms with van der Waals surface area (Å²) >= 11 is 0.